The molecule has 0 saturated heterocycles. The summed E-state index contributed by atoms with van der Waals surface area (Å²) >= 11 is 1.43. The van der Waals surface area contributed by atoms with Crippen LogP contribution in [-0.2, 0) is 6.54 Å². The van der Waals surface area contributed by atoms with Crippen molar-refractivity contribution in [2.24, 2.45) is 5.10 Å². The van der Waals surface area contributed by atoms with Gasteiger partial charge in [0.25, 0.3) is 5.69 Å². The Morgan fingerprint density at radius 1 is 1.17 bits per heavy atom. The van der Waals surface area contributed by atoms with E-state index < -0.39 is 4.92 Å². The summed E-state index contributed by atoms with van der Waals surface area (Å²) in [7, 11) is 0. The number of rotatable bonds is 4. The van der Waals surface area contributed by atoms with Crippen molar-refractivity contribution in [1.82, 2.24) is 5.01 Å². The number of benzene rings is 2. The van der Waals surface area contributed by atoms with Gasteiger partial charge in [0.05, 0.1) is 17.2 Å². The Balaban J connectivity index is 1.80. The third kappa shape index (κ3) is 3.57. The van der Waals surface area contributed by atoms with Crippen molar-refractivity contribution < 1.29 is 4.92 Å². The molecular weight excluding hydrogens is 312 g/mol. The number of non-ortho nitro benzene ring substituents is 1. The van der Waals surface area contributed by atoms with Crippen molar-refractivity contribution >= 4 is 28.3 Å². The maximum Gasteiger partial charge on any atom is 0.269 e. The molecule has 1 aliphatic rings. The lowest BCUT2D eigenvalue weighted by molar-refractivity contribution is -0.384. The molecule has 6 nitrogen and oxygen atoms in total. The number of amidine groups is 1. The molecule has 0 amide bonds. The predicted octanol–water partition coefficient (Wildman–Crippen LogP) is 3.48. The highest BCUT2D eigenvalue weighted by Crippen LogP contribution is 2.21. The van der Waals surface area contributed by atoms with Gasteiger partial charge >= 0.3 is 0 Å². The van der Waals surface area contributed by atoms with Gasteiger partial charge in [0.2, 0.25) is 0 Å². The van der Waals surface area contributed by atoms with Crippen molar-refractivity contribution in [3.63, 3.8) is 0 Å². The van der Waals surface area contributed by atoms with Crippen molar-refractivity contribution in [3.8, 4) is 0 Å². The molecule has 0 bridgehead atoms. The second-order valence-electron chi connectivity index (χ2n) is 4.99. The SMILES string of the molecule is N=C1SCC(c2ccccc2)=NN1Cc1ccc([N+](=O)[O-])cc1. The zero-order valence-electron chi connectivity index (χ0n) is 12.2. The fraction of sp³-hybridized carbons (Fsp3) is 0.125. The Kier molecular flexibility index (Phi) is 4.38. The second-order valence-corrected chi connectivity index (χ2v) is 5.95. The summed E-state index contributed by atoms with van der Waals surface area (Å²) in [5.74, 6) is 0.666. The minimum Gasteiger partial charge on any atom is -0.277 e. The molecule has 116 valence electrons. The highest BCUT2D eigenvalue weighted by molar-refractivity contribution is 8.14. The first kappa shape index (κ1) is 15.2. The zero-order chi connectivity index (χ0) is 16.2. The normalized spacial score (nSPS) is 14.5. The molecule has 0 radical (unpaired) electrons. The molecule has 0 atom stereocenters. The standard InChI is InChI=1S/C16H14N4O2S/c17-16-19(10-12-6-8-14(9-7-12)20(21)22)18-15(11-23-16)13-4-2-1-3-5-13/h1-9,17H,10-11H2. The van der Waals surface area contributed by atoms with Crippen LogP contribution in [0, 0.1) is 15.5 Å². The Labute approximate surface area is 137 Å². The second kappa shape index (κ2) is 6.62. The predicted molar refractivity (Wildman–Crippen MR) is 91.8 cm³/mol. The van der Waals surface area contributed by atoms with Crippen LogP contribution in [0.2, 0.25) is 0 Å². The third-order valence-corrected chi connectivity index (χ3v) is 4.31. The van der Waals surface area contributed by atoms with E-state index in [1.807, 2.05) is 30.3 Å². The van der Waals surface area contributed by atoms with E-state index in [0.717, 1.165) is 16.8 Å². The third-order valence-electron chi connectivity index (χ3n) is 3.41. The van der Waals surface area contributed by atoms with E-state index in [1.54, 1.807) is 17.1 Å². The molecule has 1 heterocycles. The van der Waals surface area contributed by atoms with E-state index in [0.29, 0.717) is 17.5 Å². The first-order valence-electron chi connectivity index (χ1n) is 6.98. The van der Waals surface area contributed by atoms with Crippen molar-refractivity contribution in [2.75, 3.05) is 5.75 Å². The number of hydrogen-bond acceptors (Lipinski definition) is 5. The van der Waals surface area contributed by atoms with Gasteiger partial charge in [-0.25, -0.2) is 5.01 Å². The van der Waals surface area contributed by atoms with Crippen LogP contribution in [-0.4, -0.2) is 26.6 Å². The van der Waals surface area contributed by atoms with Crippen LogP contribution >= 0.6 is 11.8 Å². The average molecular weight is 326 g/mol. The van der Waals surface area contributed by atoms with Crippen LogP contribution in [0.25, 0.3) is 0 Å². The van der Waals surface area contributed by atoms with Crippen LogP contribution in [0.3, 0.4) is 0 Å². The van der Waals surface area contributed by atoms with Gasteiger partial charge in [0.1, 0.15) is 0 Å². The minimum atomic E-state index is -0.422. The lowest BCUT2D eigenvalue weighted by Gasteiger charge is -2.25. The maximum absolute atomic E-state index is 10.7. The van der Waals surface area contributed by atoms with Gasteiger partial charge < -0.3 is 0 Å². The van der Waals surface area contributed by atoms with Crippen molar-refractivity contribution in [3.05, 3.63) is 75.8 Å². The Morgan fingerprint density at radius 2 is 1.87 bits per heavy atom. The highest BCUT2D eigenvalue weighted by atomic mass is 32.2. The molecule has 1 aliphatic heterocycles. The minimum absolute atomic E-state index is 0.0605. The molecule has 0 aliphatic carbocycles. The van der Waals surface area contributed by atoms with E-state index >= 15 is 0 Å². The molecule has 3 rings (SSSR count). The highest BCUT2D eigenvalue weighted by Gasteiger charge is 2.19. The molecule has 2 aromatic rings. The van der Waals surface area contributed by atoms with Gasteiger partial charge in [-0.05, 0) is 11.1 Å². The van der Waals surface area contributed by atoms with Crippen molar-refractivity contribution in [2.45, 2.75) is 6.54 Å². The van der Waals surface area contributed by atoms with Gasteiger partial charge in [0.15, 0.2) is 5.17 Å². The van der Waals surface area contributed by atoms with Crippen LogP contribution < -0.4 is 0 Å². The van der Waals surface area contributed by atoms with Crippen LogP contribution in [0.15, 0.2) is 59.7 Å². The summed E-state index contributed by atoms with van der Waals surface area (Å²) in [5, 5.41) is 25.3. The van der Waals surface area contributed by atoms with Crippen LogP contribution in [0.1, 0.15) is 11.1 Å². The molecule has 7 heteroatoms. The number of hydrazone groups is 1. The number of nitro groups is 1. The molecule has 0 spiro atoms. The monoisotopic (exact) mass is 326 g/mol. The molecule has 0 saturated carbocycles. The summed E-state index contributed by atoms with van der Waals surface area (Å²) in [5.41, 5.74) is 2.90. The fourth-order valence-electron chi connectivity index (χ4n) is 2.21. The molecule has 1 N–H and O–H groups in total. The quantitative estimate of drug-likeness (QED) is 0.689. The lowest BCUT2D eigenvalue weighted by atomic mass is 10.1. The van der Waals surface area contributed by atoms with E-state index in [4.69, 9.17) is 5.41 Å². The number of hydrogen-bond donors (Lipinski definition) is 1. The smallest absolute Gasteiger partial charge is 0.269 e. The van der Waals surface area contributed by atoms with Gasteiger partial charge in [-0.3, -0.25) is 15.5 Å². The topological polar surface area (TPSA) is 82.6 Å². The van der Waals surface area contributed by atoms with E-state index in [1.165, 1.54) is 23.9 Å². The van der Waals surface area contributed by atoms with Crippen LogP contribution in [0.4, 0.5) is 5.69 Å². The Morgan fingerprint density at radius 3 is 2.52 bits per heavy atom. The molecule has 2 aromatic carbocycles. The Bertz CT molecular complexity index is 759. The molecule has 0 aromatic heterocycles. The first-order valence-corrected chi connectivity index (χ1v) is 7.97. The van der Waals surface area contributed by atoms with Gasteiger partial charge in [-0.15, -0.1) is 0 Å². The zero-order valence-corrected chi connectivity index (χ0v) is 13.0. The number of nitrogens with zero attached hydrogens (tertiary/aromatic N) is 3. The summed E-state index contributed by atoms with van der Waals surface area (Å²) < 4.78 is 0. The molecule has 23 heavy (non-hydrogen) atoms. The van der Waals surface area contributed by atoms with Crippen molar-refractivity contribution in [1.29, 1.82) is 5.41 Å². The summed E-state index contributed by atoms with van der Waals surface area (Å²) in [4.78, 5) is 10.3. The van der Waals surface area contributed by atoms with E-state index in [-0.39, 0.29) is 5.69 Å². The fourth-order valence-corrected chi connectivity index (χ4v) is 2.96. The van der Waals surface area contributed by atoms with Gasteiger partial charge in [-0.2, -0.15) is 5.10 Å². The van der Waals surface area contributed by atoms with E-state index in [9.17, 15) is 10.1 Å². The summed E-state index contributed by atoms with van der Waals surface area (Å²) in [6, 6.07) is 16.2. The van der Waals surface area contributed by atoms with E-state index in [2.05, 4.69) is 5.10 Å². The number of nitro benzene ring substituents is 1. The van der Waals surface area contributed by atoms with Crippen LogP contribution in [0.5, 0.6) is 0 Å². The average Bonchev–Trinajstić information content (AvgIpc) is 2.58. The van der Waals surface area contributed by atoms with Gasteiger partial charge in [0, 0.05) is 17.9 Å². The largest absolute Gasteiger partial charge is 0.277 e. The summed E-state index contributed by atoms with van der Waals surface area (Å²) in [6.45, 7) is 0.417. The summed E-state index contributed by atoms with van der Waals surface area (Å²) in [6.07, 6.45) is 0. The molecular formula is C16H14N4O2S. The Hall–Kier alpha value is -2.67. The van der Waals surface area contributed by atoms with Gasteiger partial charge in [-0.1, -0.05) is 54.2 Å². The first-order chi connectivity index (χ1) is 11.1. The molecule has 0 unspecified atom stereocenters. The number of thioether (sulfide) groups is 1. The number of nitrogens with one attached hydrogen (secondary N) is 1. The maximum atomic E-state index is 10.7. The lowest BCUT2D eigenvalue weighted by Crippen LogP contribution is -2.30. The molecule has 0 fully saturated rings.